The van der Waals surface area contributed by atoms with Crippen LogP contribution in [0.15, 0.2) is 61.0 Å². The average molecular weight is 456 g/mol. The number of likely N-dealkylation sites (tertiary alicyclic amines) is 1. The molecule has 1 fully saturated rings. The van der Waals surface area contributed by atoms with Crippen LogP contribution < -0.4 is 5.73 Å². The van der Waals surface area contributed by atoms with Crippen molar-refractivity contribution in [3.8, 4) is 0 Å². The Bertz CT molecular complexity index is 986. The lowest BCUT2D eigenvalue weighted by molar-refractivity contribution is -0.132. The van der Waals surface area contributed by atoms with Crippen molar-refractivity contribution < 1.29 is 19.1 Å². The number of amides is 1. The zero-order chi connectivity index (χ0) is 24.1. The molecule has 0 unspecified atom stereocenters. The van der Waals surface area contributed by atoms with Gasteiger partial charge in [0.2, 0.25) is 5.91 Å². The van der Waals surface area contributed by atoms with Crippen LogP contribution in [0.4, 0.5) is 4.39 Å². The maximum atomic E-state index is 13.8. The molecule has 0 aliphatic carbocycles. The number of allylic oxidation sites excluding steroid dienone is 5. The topological polar surface area (TPSA) is 114 Å². The lowest BCUT2D eigenvalue weighted by Gasteiger charge is -2.24. The second-order valence-corrected chi connectivity index (χ2v) is 7.45. The van der Waals surface area contributed by atoms with Crippen LogP contribution in [0.3, 0.4) is 0 Å². The van der Waals surface area contributed by atoms with Gasteiger partial charge in [-0.1, -0.05) is 42.5 Å². The highest BCUT2D eigenvalue weighted by atomic mass is 19.1. The third-order valence-electron chi connectivity index (χ3n) is 5.04. The van der Waals surface area contributed by atoms with Gasteiger partial charge in [-0.3, -0.25) is 9.59 Å². The maximum Gasteiger partial charge on any atom is 0.290 e. The quantitative estimate of drug-likeness (QED) is 0.466. The number of benzene rings is 1. The molecule has 3 rings (SSSR count). The zero-order valence-electron chi connectivity index (χ0n) is 18.6. The summed E-state index contributed by atoms with van der Waals surface area (Å²) in [7, 11) is 0. The molecular formula is C24H30FN5O3. The summed E-state index contributed by atoms with van der Waals surface area (Å²) in [5.41, 5.74) is 6.68. The van der Waals surface area contributed by atoms with Crippen molar-refractivity contribution in [2.45, 2.75) is 44.7 Å². The highest BCUT2D eigenvalue weighted by Gasteiger charge is 2.33. The second-order valence-electron chi connectivity index (χ2n) is 7.45. The first-order valence-corrected chi connectivity index (χ1v) is 10.7. The minimum Gasteiger partial charge on any atom is -0.483 e. The number of hydrogen-bond donors (Lipinski definition) is 2. The predicted octanol–water partition coefficient (Wildman–Crippen LogP) is 3.34. The van der Waals surface area contributed by atoms with E-state index in [1.807, 2.05) is 43.5 Å². The summed E-state index contributed by atoms with van der Waals surface area (Å²) in [4.78, 5) is 27.4. The molecule has 2 aromatic rings. The molecule has 2 heterocycles. The molecule has 176 valence electrons. The molecule has 1 saturated heterocycles. The Morgan fingerprint density at radius 3 is 2.76 bits per heavy atom. The smallest absolute Gasteiger partial charge is 0.290 e. The summed E-state index contributed by atoms with van der Waals surface area (Å²) >= 11 is 0. The largest absolute Gasteiger partial charge is 0.483 e. The second kappa shape index (κ2) is 13.7. The van der Waals surface area contributed by atoms with Crippen LogP contribution in [0.1, 0.15) is 43.6 Å². The summed E-state index contributed by atoms with van der Waals surface area (Å²) in [6.07, 6.45) is 15.3. The van der Waals surface area contributed by atoms with Gasteiger partial charge in [-0.15, -0.1) is 5.10 Å². The maximum absolute atomic E-state index is 13.8. The molecule has 1 amide bonds. The summed E-state index contributed by atoms with van der Waals surface area (Å²) < 4.78 is 15.5. The van der Waals surface area contributed by atoms with Crippen LogP contribution in [0.2, 0.25) is 0 Å². The monoisotopic (exact) mass is 455 g/mol. The summed E-state index contributed by atoms with van der Waals surface area (Å²) in [6.45, 7) is 2.37. The van der Waals surface area contributed by atoms with Crippen LogP contribution in [0.5, 0.6) is 0 Å². The fourth-order valence-corrected chi connectivity index (χ4v) is 3.58. The Morgan fingerprint density at radius 1 is 1.30 bits per heavy atom. The van der Waals surface area contributed by atoms with E-state index < -0.39 is 6.04 Å². The van der Waals surface area contributed by atoms with Gasteiger partial charge < -0.3 is 15.7 Å². The van der Waals surface area contributed by atoms with Gasteiger partial charge in [0.15, 0.2) is 5.82 Å². The van der Waals surface area contributed by atoms with Crippen LogP contribution in [-0.4, -0.2) is 49.7 Å². The van der Waals surface area contributed by atoms with E-state index in [2.05, 4.69) is 10.1 Å². The molecule has 2 atom stereocenters. The molecular weight excluding hydrogens is 425 g/mol. The summed E-state index contributed by atoms with van der Waals surface area (Å²) in [5, 5.41) is 11.4. The normalized spacial score (nSPS) is 16.9. The SMILES string of the molecule is C\C=C/C=C/C=C/n1cnc([C@@H]2CCCN2C(=O)C[C@H](N)Cc2ccccc2F)n1.O=CO. The molecule has 1 aliphatic rings. The van der Waals surface area contributed by atoms with Gasteiger partial charge in [-0.2, -0.15) is 0 Å². The minimum absolute atomic E-state index is 0.0393. The molecule has 0 spiro atoms. The van der Waals surface area contributed by atoms with E-state index in [4.69, 9.17) is 15.6 Å². The molecule has 33 heavy (non-hydrogen) atoms. The van der Waals surface area contributed by atoms with Gasteiger partial charge in [0.1, 0.15) is 12.1 Å². The van der Waals surface area contributed by atoms with E-state index >= 15 is 0 Å². The lowest BCUT2D eigenvalue weighted by Crippen LogP contribution is -2.36. The first-order valence-electron chi connectivity index (χ1n) is 10.7. The molecule has 0 saturated carbocycles. The molecule has 3 N–H and O–H groups in total. The van der Waals surface area contributed by atoms with Gasteiger partial charge in [-0.05, 0) is 43.9 Å². The zero-order valence-corrected chi connectivity index (χ0v) is 18.6. The Balaban J connectivity index is 0.00000122. The van der Waals surface area contributed by atoms with E-state index in [-0.39, 0.29) is 30.7 Å². The molecule has 1 aliphatic heterocycles. The van der Waals surface area contributed by atoms with Gasteiger partial charge in [0, 0.05) is 25.2 Å². The Hall–Kier alpha value is -3.59. The van der Waals surface area contributed by atoms with E-state index in [1.54, 1.807) is 34.1 Å². The summed E-state index contributed by atoms with van der Waals surface area (Å²) in [5.74, 6) is 0.302. The number of nitrogens with two attached hydrogens (primary N) is 1. The van der Waals surface area contributed by atoms with Crippen molar-refractivity contribution in [2.75, 3.05) is 6.54 Å². The van der Waals surface area contributed by atoms with Crippen LogP contribution in [0, 0.1) is 5.82 Å². The third kappa shape index (κ3) is 8.12. The van der Waals surface area contributed by atoms with Gasteiger partial charge >= 0.3 is 0 Å². The number of rotatable bonds is 8. The first kappa shape index (κ1) is 25.7. The van der Waals surface area contributed by atoms with Crippen LogP contribution in [0.25, 0.3) is 6.20 Å². The van der Waals surface area contributed by atoms with Crippen molar-refractivity contribution in [3.63, 3.8) is 0 Å². The summed E-state index contributed by atoms with van der Waals surface area (Å²) in [6, 6.07) is 5.95. The van der Waals surface area contributed by atoms with E-state index in [0.717, 1.165) is 12.8 Å². The molecule has 0 radical (unpaired) electrons. The van der Waals surface area contributed by atoms with Crippen molar-refractivity contribution in [3.05, 3.63) is 78.2 Å². The number of nitrogens with zero attached hydrogens (tertiary/aromatic N) is 4. The number of carbonyl (C=O) groups excluding carboxylic acids is 1. The third-order valence-corrected chi connectivity index (χ3v) is 5.04. The minimum atomic E-state index is -0.437. The van der Waals surface area contributed by atoms with E-state index in [9.17, 15) is 9.18 Å². The van der Waals surface area contributed by atoms with Crippen molar-refractivity contribution >= 4 is 18.6 Å². The van der Waals surface area contributed by atoms with Gasteiger partial charge in [0.05, 0.1) is 6.04 Å². The predicted molar refractivity (Wildman–Crippen MR) is 124 cm³/mol. The van der Waals surface area contributed by atoms with Crippen molar-refractivity contribution in [1.29, 1.82) is 0 Å². The van der Waals surface area contributed by atoms with Gasteiger partial charge in [-0.25, -0.2) is 14.1 Å². The number of hydrogen-bond acceptors (Lipinski definition) is 5. The number of carboxylic acid groups (broad SMARTS) is 1. The highest BCUT2D eigenvalue weighted by Crippen LogP contribution is 2.30. The molecule has 9 heteroatoms. The van der Waals surface area contributed by atoms with E-state index in [0.29, 0.717) is 24.4 Å². The number of carbonyl (C=O) groups is 2. The molecule has 1 aromatic heterocycles. The van der Waals surface area contributed by atoms with Crippen LogP contribution in [-0.2, 0) is 16.0 Å². The van der Waals surface area contributed by atoms with E-state index in [1.165, 1.54) is 6.07 Å². The fourth-order valence-electron chi connectivity index (χ4n) is 3.58. The number of halogens is 1. The number of aromatic nitrogens is 3. The Labute approximate surface area is 192 Å². The standard InChI is InChI=1S/C23H28FN5O.CH2O2/c1-2-3-4-5-8-13-28-17-26-23(27-28)21-12-9-14-29(21)22(30)16-19(25)15-18-10-6-7-11-20(18)24;2-1-3/h2-8,10-11,13,17,19,21H,9,12,14-16,25H2,1H3;1H,(H,2,3)/b3-2-,5-4+,13-8+;/t19-,21+;/m1./s1. The van der Waals surface area contributed by atoms with Crippen molar-refractivity contribution in [1.82, 2.24) is 19.7 Å². The molecule has 0 bridgehead atoms. The molecule has 8 nitrogen and oxygen atoms in total. The fraction of sp³-hybridized carbons (Fsp3) is 0.333. The first-order chi connectivity index (χ1) is 16.0. The van der Waals surface area contributed by atoms with Gasteiger partial charge in [0.25, 0.3) is 6.47 Å². The highest BCUT2D eigenvalue weighted by molar-refractivity contribution is 5.77. The Morgan fingerprint density at radius 2 is 2.03 bits per heavy atom. The lowest BCUT2D eigenvalue weighted by atomic mass is 10.0. The Kier molecular flexibility index (Phi) is 10.7. The van der Waals surface area contributed by atoms with Crippen molar-refractivity contribution in [2.24, 2.45) is 5.73 Å². The molecule has 1 aromatic carbocycles. The van der Waals surface area contributed by atoms with Crippen LogP contribution >= 0.6 is 0 Å². The average Bonchev–Trinajstić information content (AvgIpc) is 3.45.